The molecule has 1 aromatic rings. The summed E-state index contributed by atoms with van der Waals surface area (Å²) in [6.07, 6.45) is 2.45. The number of ether oxygens (including phenoxy) is 1. The van der Waals surface area contributed by atoms with Crippen LogP contribution in [0, 0.1) is 0 Å². The van der Waals surface area contributed by atoms with Gasteiger partial charge in [-0.1, -0.05) is 0 Å². The van der Waals surface area contributed by atoms with Gasteiger partial charge in [-0.2, -0.15) is 0 Å². The molecule has 0 atom stereocenters. The number of aromatic nitrogens is 2. The number of methoxy groups -OCH3 is 1. The molecule has 1 aromatic heterocycles. The van der Waals surface area contributed by atoms with Gasteiger partial charge >= 0.3 is 0 Å². The van der Waals surface area contributed by atoms with Crippen molar-refractivity contribution >= 4 is 5.82 Å². The van der Waals surface area contributed by atoms with Crippen molar-refractivity contribution in [3.8, 4) is 0 Å². The summed E-state index contributed by atoms with van der Waals surface area (Å²) in [5, 5.41) is 3.15. The molecule has 0 bridgehead atoms. The summed E-state index contributed by atoms with van der Waals surface area (Å²) in [4.78, 5) is 18.8. The fourth-order valence-electron chi connectivity index (χ4n) is 1.71. The number of aromatic amines is 1. The second kappa shape index (κ2) is 4.44. The number of hydrogen-bond donors (Lipinski definition) is 2. The molecular formula is C10H15N3O2. The zero-order chi connectivity index (χ0) is 10.7. The van der Waals surface area contributed by atoms with Crippen LogP contribution in [-0.4, -0.2) is 30.2 Å². The predicted molar refractivity (Wildman–Crippen MR) is 57.2 cm³/mol. The van der Waals surface area contributed by atoms with Crippen molar-refractivity contribution in [2.75, 3.05) is 25.6 Å². The third-order valence-corrected chi connectivity index (χ3v) is 2.50. The Morgan fingerprint density at radius 3 is 3.20 bits per heavy atom. The number of H-pyrrole nitrogens is 1. The number of nitrogens with zero attached hydrogens (tertiary/aromatic N) is 1. The van der Waals surface area contributed by atoms with Gasteiger partial charge in [-0.3, -0.25) is 4.79 Å². The van der Waals surface area contributed by atoms with Gasteiger partial charge in [0.1, 0.15) is 11.6 Å². The van der Waals surface area contributed by atoms with Gasteiger partial charge in [0.2, 0.25) is 0 Å². The maximum absolute atomic E-state index is 11.7. The fourth-order valence-corrected chi connectivity index (χ4v) is 1.71. The minimum Gasteiger partial charge on any atom is -0.384 e. The van der Waals surface area contributed by atoms with Crippen molar-refractivity contribution in [3.63, 3.8) is 0 Å². The van der Waals surface area contributed by atoms with Crippen molar-refractivity contribution in [2.45, 2.75) is 19.3 Å². The highest BCUT2D eigenvalue weighted by Crippen LogP contribution is 2.14. The standard InChI is InChI=1S/C10H15N3O2/c1-15-6-4-8-12-9-7(10(14)13-8)3-2-5-11-9/h2-6H2,1H3,(H2,11,12,13,14). The molecule has 0 aromatic carbocycles. The van der Waals surface area contributed by atoms with Crippen LogP contribution >= 0.6 is 0 Å². The molecule has 1 aliphatic rings. The fraction of sp³-hybridized carbons (Fsp3) is 0.600. The van der Waals surface area contributed by atoms with Gasteiger partial charge in [-0.15, -0.1) is 0 Å². The summed E-state index contributed by atoms with van der Waals surface area (Å²) in [5.41, 5.74) is 0.765. The van der Waals surface area contributed by atoms with Gasteiger partial charge < -0.3 is 15.0 Å². The Morgan fingerprint density at radius 2 is 2.40 bits per heavy atom. The lowest BCUT2D eigenvalue weighted by Crippen LogP contribution is -2.25. The quantitative estimate of drug-likeness (QED) is 0.752. The lowest BCUT2D eigenvalue weighted by molar-refractivity contribution is 0.200. The Kier molecular flexibility index (Phi) is 3.01. The highest BCUT2D eigenvalue weighted by atomic mass is 16.5. The lowest BCUT2D eigenvalue weighted by atomic mass is 10.1. The van der Waals surface area contributed by atoms with Crippen LogP contribution in [0.15, 0.2) is 4.79 Å². The normalized spacial score (nSPS) is 14.5. The zero-order valence-electron chi connectivity index (χ0n) is 8.80. The summed E-state index contributed by atoms with van der Waals surface area (Å²) in [6.45, 7) is 1.47. The summed E-state index contributed by atoms with van der Waals surface area (Å²) in [6, 6.07) is 0. The Balaban J connectivity index is 2.28. The molecule has 0 fully saturated rings. The second-order valence-corrected chi connectivity index (χ2v) is 3.61. The Bertz CT molecular complexity index is 400. The van der Waals surface area contributed by atoms with Gasteiger partial charge in [-0.25, -0.2) is 4.98 Å². The molecule has 1 aliphatic heterocycles. The van der Waals surface area contributed by atoms with Gasteiger partial charge in [0.15, 0.2) is 0 Å². The lowest BCUT2D eigenvalue weighted by Gasteiger charge is -2.16. The number of rotatable bonds is 3. The highest BCUT2D eigenvalue weighted by Gasteiger charge is 2.14. The average molecular weight is 209 g/mol. The van der Waals surface area contributed by atoms with Crippen LogP contribution < -0.4 is 10.9 Å². The molecule has 2 N–H and O–H groups in total. The van der Waals surface area contributed by atoms with Crippen molar-refractivity contribution < 1.29 is 4.74 Å². The van der Waals surface area contributed by atoms with E-state index in [4.69, 9.17) is 4.74 Å². The van der Waals surface area contributed by atoms with Crippen molar-refractivity contribution in [1.82, 2.24) is 9.97 Å². The van der Waals surface area contributed by atoms with E-state index in [1.807, 2.05) is 0 Å². The van der Waals surface area contributed by atoms with Crippen molar-refractivity contribution in [2.24, 2.45) is 0 Å². The van der Waals surface area contributed by atoms with Crippen LogP contribution in [-0.2, 0) is 17.6 Å². The molecule has 0 saturated carbocycles. The van der Waals surface area contributed by atoms with E-state index in [0.29, 0.717) is 18.9 Å². The smallest absolute Gasteiger partial charge is 0.256 e. The monoisotopic (exact) mass is 209 g/mol. The molecule has 0 radical (unpaired) electrons. The summed E-state index contributed by atoms with van der Waals surface area (Å²) in [5.74, 6) is 1.44. The van der Waals surface area contributed by atoms with Crippen LogP contribution in [0.4, 0.5) is 5.82 Å². The SMILES string of the molecule is COCCc1nc2c(c(=O)[nH]1)CCCN2. The summed E-state index contributed by atoms with van der Waals surface area (Å²) < 4.78 is 4.95. The van der Waals surface area contributed by atoms with E-state index in [0.717, 1.165) is 30.8 Å². The van der Waals surface area contributed by atoms with E-state index in [9.17, 15) is 4.79 Å². The van der Waals surface area contributed by atoms with Gasteiger partial charge in [0, 0.05) is 20.1 Å². The summed E-state index contributed by atoms with van der Waals surface area (Å²) in [7, 11) is 1.63. The molecule has 0 amide bonds. The molecule has 5 nitrogen and oxygen atoms in total. The Morgan fingerprint density at radius 1 is 1.53 bits per heavy atom. The van der Waals surface area contributed by atoms with E-state index in [1.54, 1.807) is 7.11 Å². The molecule has 0 unspecified atom stereocenters. The number of anilines is 1. The van der Waals surface area contributed by atoms with Crippen LogP contribution in [0.25, 0.3) is 0 Å². The first-order valence-corrected chi connectivity index (χ1v) is 5.16. The average Bonchev–Trinajstić information content (AvgIpc) is 2.26. The molecule has 15 heavy (non-hydrogen) atoms. The van der Waals surface area contributed by atoms with Crippen molar-refractivity contribution in [3.05, 3.63) is 21.7 Å². The van der Waals surface area contributed by atoms with Gasteiger partial charge in [0.25, 0.3) is 5.56 Å². The first-order chi connectivity index (χ1) is 7.31. The van der Waals surface area contributed by atoms with E-state index >= 15 is 0 Å². The largest absolute Gasteiger partial charge is 0.384 e. The van der Waals surface area contributed by atoms with E-state index in [1.165, 1.54) is 0 Å². The highest BCUT2D eigenvalue weighted by molar-refractivity contribution is 5.44. The minimum atomic E-state index is -0.0155. The molecule has 0 saturated heterocycles. The molecule has 0 aliphatic carbocycles. The van der Waals surface area contributed by atoms with Gasteiger partial charge in [0.05, 0.1) is 12.2 Å². The number of nitrogens with one attached hydrogen (secondary N) is 2. The first-order valence-electron chi connectivity index (χ1n) is 5.16. The predicted octanol–water partition coefficient (Wildman–Crippen LogP) is 0.317. The number of fused-ring (bicyclic) bond motifs is 1. The van der Waals surface area contributed by atoms with E-state index in [-0.39, 0.29) is 5.56 Å². The summed E-state index contributed by atoms with van der Waals surface area (Å²) >= 11 is 0. The molecule has 2 heterocycles. The first kappa shape index (κ1) is 10.2. The molecular weight excluding hydrogens is 194 g/mol. The Labute approximate surface area is 87.9 Å². The van der Waals surface area contributed by atoms with Crippen molar-refractivity contribution in [1.29, 1.82) is 0 Å². The Hall–Kier alpha value is -1.36. The van der Waals surface area contributed by atoms with E-state index in [2.05, 4.69) is 15.3 Å². The van der Waals surface area contributed by atoms with Crippen LogP contribution in [0.3, 0.4) is 0 Å². The molecule has 0 spiro atoms. The molecule has 2 rings (SSSR count). The number of hydrogen-bond acceptors (Lipinski definition) is 4. The molecule has 82 valence electrons. The zero-order valence-corrected chi connectivity index (χ0v) is 8.80. The van der Waals surface area contributed by atoms with E-state index < -0.39 is 0 Å². The van der Waals surface area contributed by atoms with Gasteiger partial charge in [-0.05, 0) is 12.8 Å². The van der Waals surface area contributed by atoms with Crippen LogP contribution in [0.5, 0.6) is 0 Å². The maximum Gasteiger partial charge on any atom is 0.256 e. The second-order valence-electron chi connectivity index (χ2n) is 3.61. The third-order valence-electron chi connectivity index (χ3n) is 2.50. The molecule has 5 heteroatoms. The van der Waals surface area contributed by atoms with Crippen LogP contribution in [0.1, 0.15) is 17.8 Å². The topological polar surface area (TPSA) is 67.0 Å². The minimum absolute atomic E-state index is 0.0155. The van der Waals surface area contributed by atoms with Crippen LogP contribution in [0.2, 0.25) is 0 Å². The maximum atomic E-state index is 11.7. The third kappa shape index (κ3) is 2.18.